The van der Waals surface area contributed by atoms with E-state index in [-0.39, 0.29) is 16.7 Å². The van der Waals surface area contributed by atoms with Crippen molar-refractivity contribution in [3.05, 3.63) is 59.1 Å². The van der Waals surface area contributed by atoms with Crippen molar-refractivity contribution in [2.24, 2.45) is 10.3 Å². The molecule has 0 bridgehead atoms. The van der Waals surface area contributed by atoms with Crippen LogP contribution in [0.1, 0.15) is 18.4 Å². The second-order valence-electron chi connectivity index (χ2n) is 7.71. The third-order valence-corrected chi connectivity index (χ3v) is 7.22. The summed E-state index contributed by atoms with van der Waals surface area (Å²) in [6, 6.07) is 14.0. The van der Waals surface area contributed by atoms with E-state index in [0.717, 1.165) is 0 Å². The van der Waals surface area contributed by atoms with E-state index in [1.165, 1.54) is 0 Å². The van der Waals surface area contributed by atoms with Gasteiger partial charge in [-0.2, -0.15) is 8.42 Å². The maximum absolute atomic E-state index is 12.8. The van der Waals surface area contributed by atoms with E-state index in [2.05, 4.69) is 4.40 Å². The number of piperidine rings is 1. The normalized spacial score (nSPS) is 17.7. The molecule has 1 saturated heterocycles. The zero-order valence-electron chi connectivity index (χ0n) is 17.2. The summed E-state index contributed by atoms with van der Waals surface area (Å²) in [4.78, 5) is 16.7. The molecular weight excluding hydrogens is 438 g/mol. The second-order valence-corrected chi connectivity index (χ2v) is 9.72. The van der Waals surface area contributed by atoms with Crippen LogP contribution in [0.3, 0.4) is 0 Å². The summed E-state index contributed by atoms with van der Waals surface area (Å²) in [6.07, 6.45) is 1.31. The molecule has 164 valence electrons. The highest BCUT2D eigenvalue weighted by molar-refractivity contribution is 7.90. The number of halogens is 1. The van der Waals surface area contributed by atoms with Crippen molar-refractivity contribution in [2.75, 3.05) is 33.3 Å². The zero-order valence-corrected chi connectivity index (χ0v) is 18.8. The lowest BCUT2D eigenvalue weighted by Crippen LogP contribution is -2.44. The van der Waals surface area contributed by atoms with Gasteiger partial charge < -0.3 is 14.5 Å². The van der Waals surface area contributed by atoms with Crippen LogP contribution in [0.5, 0.6) is 5.75 Å². The summed E-state index contributed by atoms with van der Waals surface area (Å²) in [6.45, 7) is 2.07. The summed E-state index contributed by atoms with van der Waals surface area (Å²) in [5, 5.41) is 0.649. The standard InChI is InChI=1S/C22H24ClN3O4S/c1-25(14-15-30-18-8-6-17(23)7-9-18)22(27)16-10-12-26(13-11-16)21-19-4-2-3-5-20(19)31(28,29)24-21/h2-9,16H,10-15H2,1H3. The molecule has 2 aromatic carbocycles. The minimum atomic E-state index is -3.63. The lowest BCUT2D eigenvalue weighted by Gasteiger charge is -2.34. The minimum Gasteiger partial charge on any atom is -0.492 e. The van der Waals surface area contributed by atoms with Gasteiger partial charge in [-0.15, -0.1) is 4.40 Å². The van der Waals surface area contributed by atoms with Crippen LogP contribution in [0.4, 0.5) is 0 Å². The van der Waals surface area contributed by atoms with Crippen LogP contribution in [0.2, 0.25) is 5.02 Å². The van der Waals surface area contributed by atoms with Gasteiger partial charge >= 0.3 is 0 Å². The number of ether oxygens (including phenoxy) is 1. The van der Waals surface area contributed by atoms with E-state index in [1.54, 1.807) is 54.4 Å². The fourth-order valence-electron chi connectivity index (χ4n) is 3.91. The number of fused-ring (bicyclic) bond motifs is 1. The molecule has 0 aromatic heterocycles. The molecule has 0 aliphatic carbocycles. The van der Waals surface area contributed by atoms with Gasteiger partial charge in [0.15, 0.2) is 5.84 Å². The summed E-state index contributed by atoms with van der Waals surface area (Å²) in [7, 11) is -1.85. The van der Waals surface area contributed by atoms with Crippen molar-refractivity contribution in [3.63, 3.8) is 0 Å². The number of carbonyl (C=O) groups excluding carboxylic acids is 1. The Kier molecular flexibility index (Phi) is 6.20. The number of likely N-dealkylation sites (tertiary alicyclic amines) is 1. The summed E-state index contributed by atoms with van der Waals surface area (Å²) in [5.74, 6) is 1.20. The number of nitrogens with zero attached hydrogens (tertiary/aromatic N) is 3. The van der Waals surface area contributed by atoms with E-state index >= 15 is 0 Å². The molecule has 7 nitrogen and oxygen atoms in total. The molecule has 2 heterocycles. The molecule has 31 heavy (non-hydrogen) atoms. The molecule has 2 aliphatic heterocycles. The average molecular weight is 462 g/mol. The lowest BCUT2D eigenvalue weighted by atomic mass is 9.95. The zero-order chi connectivity index (χ0) is 22.0. The number of hydrogen-bond donors (Lipinski definition) is 0. The molecule has 4 rings (SSSR count). The Morgan fingerprint density at radius 1 is 1.16 bits per heavy atom. The largest absolute Gasteiger partial charge is 0.492 e. The molecule has 2 aromatic rings. The Hall–Kier alpha value is -2.58. The predicted octanol–water partition coefficient (Wildman–Crippen LogP) is 3.04. The van der Waals surface area contributed by atoms with E-state index in [0.29, 0.717) is 61.3 Å². The fourth-order valence-corrected chi connectivity index (χ4v) is 5.26. The van der Waals surface area contributed by atoms with Crippen molar-refractivity contribution in [1.29, 1.82) is 0 Å². The van der Waals surface area contributed by atoms with Crippen molar-refractivity contribution in [1.82, 2.24) is 9.80 Å². The first-order chi connectivity index (χ1) is 14.8. The maximum Gasteiger partial charge on any atom is 0.285 e. The first-order valence-corrected chi connectivity index (χ1v) is 12.0. The first kappa shape index (κ1) is 21.6. The molecular formula is C22H24ClN3O4S. The van der Waals surface area contributed by atoms with E-state index in [1.807, 2.05) is 11.0 Å². The number of likely N-dealkylation sites (N-methyl/N-ethyl adjacent to an activating group) is 1. The van der Waals surface area contributed by atoms with Gasteiger partial charge in [-0.25, -0.2) is 0 Å². The summed E-state index contributed by atoms with van der Waals surface area (Å²) >= 11 is 5.87. The highest BCUT2D eigenvalue weighted by atomic mass is 35.5. The van der Waals surface area contributed by atoms with Crippen LogP contribution in [-0.4, -0.2) is 63.2 Å². The predicted molar refractivity (Wildman–Crippen MR) is 119 cm³/mol. The monoisotopic (exact) mass is 461 g/mol. The number of carbonyl (C=O) groups is 1. The molecule has 2 aliphatic rings. The van der Waals surface area contributed by atoms with Gasteiger partial charge in [-0.1, -0.05) is 23.7 Å². The molecule has 0 atom stereocenters. The van der Waals surface area contributed by atoms with E-state index < -0.39 is 10.0 Å². The Labute approximate surface area is 187 Å². The molecule has 0 radical (unpaired) electrons. The number of amides is 1. The summed E-state index contributed by atoms with van der Waals surface area (Å²) in [5.41, 5.74) is 0.642. The third-order valence-electron chi connectivity index (χ3n) is 5.64. The highest BCUT2D eigenvalue weighted by Gasteiger charge is 2.34. The number of benzene rings is 2. The van der Waals surface area contributed by atoms with Crippen LogP contribution in [0, 0.1) is 5.92 Å². The van der Waals surface area contributed by atoms with Gasteiger partial charge in [0.1, 0.15) is 17.3 Å². The van der Waals surface area contributed by atoms with Gasteiger partial charge in [0.05, 0.1) is 6.54 Å². The Balaban J connectivity index is 1.29. The molecule has 1 amide bonds. The van der Waals surface area contributed by atoms with Crippen LogP contribution >= 0.6 is 11.6 Å². The smallest absolute Gasteiger partial charge is 0.285 e. The molecule has 0 N–H and O–H groups in total. The lowest BCUT2D eigenvalue weighted by molar-refractivity contribution is -0.135. The highest BCUT2D eigenvalue weighted by Crippen LogP contribution is 2.30. The second kappa shape index (κ2) is 8.88. The third kappa shape index (κ3) is 4.70. The molecule has 0 unspecified atom stereocenters. The number of amidine groups is 1. The Morgan fingerprint density at radius 3 is 2.55 bits per heavy atom. The first-order valence-electron chi connectivity index (χ1n) is 10.2. The van der Waals surface area contributed by atoms with Gasteiger partial charge in [-0.05, 0) is 49.2 Å². The topological polar surface area (TPSA) is 79.3 Å². The summed E-state index contributed by atoms with van der Waals surface area (Å²) < 4.78 is 34.2. The van der Waals surface area contributed by atoms with Gasteiger partial charge in [0.25, 0.3) is 10.0 Å². The minimum absolute atomic E-state index is 0.0840. The van der Waals surface area contributed by atoms with Crippen molar-refractivity contribution in [2.45, 2.75) is 17.7 Å². The molecule has 1 fully saturated rings. The SMILES string of the molecule is CN(CCOc1ccc(Cl)cc1)C(=O)C1CCN(C2=NS(=O)(=O)c3ccccc32)CC1. The van der Waals surface area contributed by atoms with Crippen LogP contribution < -0.4 is 4.74 Å². The van der Waals surface area contributed by atoms with Crippen LogP contribution in [0.25, 0.3) is 0 Å². The Morgan fingerprint density at radius 2 is 1.84 bits per heavy atom. The number of rotatable bonds is 5. The number of hydrogen-bond acceptors (Lipinski definition) is 5. The molecule has 0 saturated carbocycles. The van der Waals surface area contributed by atoms with Crippen molar-refractivity contribution < 1.29 is 17.9 Å². The fraction of sp³-hybridized carbons (Fsp3) is 0.364. The quantitative estimate of drug-likeness (QED) is 0.683. The van der Waals surface area contributed by atoms with Gasteiger partial charge in [0, 0.05) is 36.6 Å². The van der Waals surface area contributed by atoms with Gasteiger partial charge in [0.2, 0.25) is 5.91 Å². The average Bonchev–Trinajstić information content (AvgIpc) is 3.06. The van der Waals surface area contributed by atoms with Gasteiger partial charge in [-0.3, -0.25) is 4.79 Å². The van der Waals surface area contributed by atoms with Crippen LogP contribution in [-0.2, 0) is 14.8 Å². The van der Waals surface area contributed by atoms with Crippen molar-refractivity contribution in [3.8, 4) is 5.75 Å². The van der Waals surface area contributed by atoms with E-state index in [4.69, 9.17) is 16.3 Å². The van der Waals surface area contributed by atoms with Crippen LogP contribution in [0.15, 0.2) is 57.8 Å². The number of sulfonamides is 1. The molecule has 9 heteroatoms. The molecule has 0 spiro atoms. The Bertz CT molecular complexity index is 1090. The van der Waals surface area contributed by atoms with Crippen molar-refractivity contribution >= 4 is 33.4 Å². The van der Waals surface area contributed by atoms with E-state index in [9.17, 15) is 13.2 Å². The maximum atomic E-state index is 12.8.